The minimum absolute atomic E-state index is 0.156. The minimum atomic E-state index is 0.156. The maximum atomic E-state index is 5.74. The third-order valence-corrected chi connectivity index (χ3v) is 13.7. The van der Waals surface area contributed by atoms with Gasteiger partial charge in [-0.05, 0) is 145 Å². The number of anilines is 8. The fourth-order valence-electron chi connectivity index (χ4n) is 6.53. The molecule has 0 aliphatic heterocycles. The molecule has 10 N–H and O–H groups in total. The van der Waals surface area contributed by atoms with Gasteiger partial charge < -0.3 is 37.2 Å². The van der Waals surface area contributed by atoms with E-state index < -0.39 is 0 Å². The van der Waals surface area contributed by atoms with Gasteiger partial charge in [-0.2, -0.15) is 25.3 Å². The first-order valence-corrected chi connectivity index (χ1v) is 26.6. The molecule has 3 fully saturated rings. The van der Waals surface area contributed by atoms with E-state index in [0.717, 1.165) is 26.5 Å². The largest absolute Gasteiger partial charge is 0.382 e. The molecule has 8 aromatic rings. The molecule has 2 aromatic carbocycles. The van der Waals surface area contributed by atoms with Crippen molar-refractivity contribution in [3.8, 4) is 0 Å². The van der Waals surface area contributed by atoms with Crippen LogP contribution in [0.1, 0.15) is 84.5 Å². The van der Waals surface area contributed by atoms with Gasteiger partial charge in [-0.25, -0.2) is 19.9 Å². The minimum Gasteiger partial charge on any atom is -0.382 e. The zero-order chi connectivity index (χ0) is 52.0. The van der Waals surface area contributed by atoms with Crippen molar-refractivity contribution in [3.05, 3.63) is 143 Å². The molecule has 0 spiro atoms. The summed E-state index contributed by atoms with van der Waals surface area (Å²) in [6.07, 6.45) is 12.4. The second kappa shape index (κ2) is 26.5. The number of benzene rings is 2. The maximum absolute atomic E-state index is 5.74. The highest BCUT2D eigenvalue weighted by atomic mass is 79.9. The third kappa shape index (κ3) is 17.8. The number of nitrogens with two attached hydrogens (primary N) is 2. The van der Waals surface area contributed by atoms with E-state index in [-0.39, 0.29) is 10.6 Å². The summed E-state index contributed by atoms with van der Waals surface area (Å²) in [4.78, 5) is 28.3. The van der Waals surface area contributed by atoms with Gasteiger partial charge in [0.2, 0.25) is 16.5 Å². The Bertz CT molecular complexity index is 2990. The van der Waals surface area contributed by atoms with Gasteiger partial charge in [0, 0.05) is 124 Å². The Morgan fingerprint density at radius 1 is 0.575 bits per heavy atom. The van der Waals surface area contributed by atoms with Crippen LogP contribution in [-0.4, -0.2) is 88.7 Å². The number of H-pyrrole nitrogens is 3. The highest BCUT2D eigenvalue weighted by Gasteiger charge is 2.27. The van der Waals surface area contributed by atoms with Crippen molar-refractivity contribution in [2.24, 2.45) is 5.73 Å². The van der Waals surface area contributed by atoms with Crippen molar-refractivity contribution in [3.63, 3.8) is 0 Å². The summed E-state index contributed by atoms with van der Waals surface area (Å²) >= 11 is 26.6. The molecule has 3 aliphatic carbocycles. The standard InChI is InChI=1S/C19H22BrN7.C10H9BrClN5.C9H14N2.C6H9N3.C4HBrCl2N2/c1-27(2)14-7-3-12(4-8-14)10-21-19-22-11-15(20)18(24-19)23-17-9-16(25-26-17)13-5-6-13;11-6-4-13-10(12)15-9(6)14-8-3-7(16-17-8)5-1-2-5;1-11(2)9-5-3-8(7-10)4-6-9;7-6-3-5(8-9-6)4-1-2-4;5-2-1-8-4(7)9-3(2)6/h3-4,7-9,11,13H,5-6,10H2,1-2H3,(H3,21,22,23,24,25,26);3-5H,1-2H2,(H2,13,14,15,16,17);3-6H,7,10H2,1-2H3;3-4H,1-2H2,(H3,7,8,9);1H. The summed E-state index contributed by atoms with van der Waals surface area (Å²) in [5.41, 5.74) is 19.2. The normalized spacial score (nSPS) is 13.4. The zero-order valence-corrected chi connectivity index (χ0v) is 47.3. The third-order valence-electron chi connectivity index (χ3n) is 11.1. The van der Waals surface area contributed by atoms with Crippen LogP contribution in [0.4, 0.5) is 46.4 Å². The van der Waals surface area contributed by atoms with Crippen molar-refractivity contribution >= 4 is 129 Å². The van der Waals surface area contributed by atoms with E-state index in [1.165, 1.54) is 84.3 Å². The number of nitrogens with zero attached hydrogens (tertiary/aromatic N) is 11. The fourth-order valence-corrected chi connectivity index (χ4v) is 7.74. The molecule has 73 heavy (non-hydrogen) atoms. The number of rotatable bonds is 13. The molecule has 0 bridgehead atoms. The Morgan fingerprint density at radius 3 is 1.45 bits per heavy atom. The van der Waals surface area contributed by atoms with Crippen LogP contribution in [0.3, 0.4) is 0 Å². The Hall–Kier alpha value is -5.62. The summed E-state index contributed by atoms with van der Waals surface area (Å²) in [6.45, 7) is 1.27. The number of aromatic nitrogens is 12. The van der Waals surface area contributed by atoms with Crippen molar-refractivity contribution in [2.45, 2.75) is 69.4 Å². The fraction of sp³-hybridized carbons (Fsp3) is 0.312. The van der Waals surface area contributed by atoms with E-state index in [0.29, 0.717) is 58.0 Å². The Balaban J connectivity index is 0.000000145. The van der Waals surface area contributed by atoms with Crippen molar-refractivity contribution in [1.82, 2.24) is 60.5 Å². The van der Waals surface area contributed by atoms with Crippen molar-refractivity contribution < 1.29 is 0 Å². The molecule has 384 valence electrons. The lowest BCUT2D eigenvalue weighted by atomic mass is 10.2. The zero-order valence-electron chi connectivity index (χ0n) is 40.3. The molecule has 25 heteroatoms. The van der Waals surface area contributed by atoms with Gasteiger partial charge >= 0.3 is 0 Å². The number of nitrogens with one attached hydrogen (secondary N) is 6. The summed E-state index contributed by atoms with van der Waals surface area (Å²) in [7, 11) is 8.11. The number of hydrogen-bond acceptors (Lipinski definition) is 16. The smallest absolute Gasteiger partial charge is 0.224 e. The maximum Gasteiger partial charge on any atom is 0.224 e. The first-order valence-electron chi connectivity index (χ1n) is 23.1. The van der Waals surface area contributed by atoms with Gasteiger partial charge in [0.1, 0.15) is 11.0 Å². The number of aromatic amines is 3. The molecule has 0 saturated heterocycles. The van der Waals surface area contributed by atoms with E-state index in [1.54, 1.807) is 12.4 Å². The number of halogens is 6. The summed E-state index contributed by atoms with van der Waals surface area (Å²) in [5.74, 6) is 5.99. The molecule has 3 saturated carbocycles. The monoisotopic (exact) mass is 1240 g/mol. The van der Waals surface area contributed by atoms with Crippen LogP contribution in [0.2, 0.25) is 15.7 Å². The lowest BCUT2D eigenvalue weighted by Gasteiger charge is -2.13. The van der Waals surface area contributed by atoms with E-state index in [4.69, 9.17) is 46.3 Å². The predicted molar refractivity (Wildman–Crippen MR) is 304 cm³/mol. The molecule has 0 atom stereocenters. The first-order chi connectivity index (χ1) is 35.1. The molecular weight excluding hydrogens is 1190 g/mol. The molecule has 6 aromatic heterocycles. The van der Waals surface area contributed by atoms with Gasteiger partial charge in [0.25, 0.3) is 0 Å². The lowest BCUT2D eigenvalue weighted by molar-refractivity contribution is 0.966. The quantitative estimate of drug-likeness (QED) is 0.0394. The van der Waals surface area contributed by atoms with Gasteiger partial charge in [0.15, 0.2) is 23.3 Å². The molecule has 0 radical (unpaired) electrons. The molecule has 11 rings (SSSR count). The SMILES string of the molecule is CN(C)c1ccc(CN)cc1.CN(C)c1ccc(CNc2ncc(Br)c(Nc3cc(C4CC4)[nH]n3)n2)cc1.Clc1ncc(Br)c(Cl)n1.Clc1ncc(Br)c(Nc2cc(C3CC3)[nH]n2)n1.Nc1cc(C2CC2)[nH]n1. The van der Waals surface area contributed by atoms with E-state index in [9.17, 15) is 0 Å². The van der Waals surface area contributed by atoms with E-state index in [1.807, 2.05) is 46.4 Å². The van der Waals surface area contributed by atoms with Gasteiger partial charge in [-0.3, -0.25) is 15.3 Å². The Kier molecular flexibility index (Phi) is 20.1. The van der Waals surface area contributed by atoms with Crippen LogP contribution >= 0.6 is 82.6 Å². The van der Waals surface area contributed by atoms with Gasteiger partial charge in [-0.1, -0.05) is 35.9 Å². The number of hydrogen-bond donors (Lipinski definition) is 8. The topological polar surface area (TPSA) is 258 Å². The van der Waals surface area contributed by atoms with Crippen LogP contribution in [-0.2, 0) is 13.1 Å². The molecule has 0 unspecified atom stereocenters. The Morgan fingerprint density at radius 2 is 1.01 bits per heavy atom. The van der Waals surface area contributed by atoms with Crippen LogP contribution in [0, 0.1) is 0 Å². The second-order valence-corrected chi connectivity index (χ2v) is 21.0. The molecule has 6 heterocycles. The molecular formula is C48H55Br3Cl3N19. The average molecular weight is 1240 g/mol. The summed E-state index contributed by atoms with van der Waals surface area (Å²) in [6, 6.07) is 22.6. The highest BCUT2D eigenvalue weighted by Crippen LogP contribution is 2.41. The first kappa shape index (κ1) is 55.1. The second-order valence-electron chi connectivity index (χ2n) is 17.4. The van der Waals surface area contributed by atoms with Crippen molar-refractivity contribution in [2.75, 3.05) is 59.7 Å². The highest BCUT2D eigenvalue weighted by molar-refractivity contribution is 9.11. The van der Waals surface area contributed by atoms with Crippen LogP contribution < -0.4 is 37.2 Å². The lowest BCUT2D eigenvalue weighted by Crippen LogP contribution is -2.09. The van der Waals surface area contributed by atoms with Crippen LogP contribution in [0.15, 0.2) is 98.7 Å². The van der Waals surface area contributed by atoms with Crippen LogP contribution in [0.25, 0.3) is 0 Å². The Labute approximate surface area is 463 Å². The number of nitrogen functional groups attached to an aromatic ring is 1. The summed E-state index contributed by atoms with van der Waals surface area (Å²) in [5, 5.41) is 31.6. The molecule has 19 nitrogen and oxygen atoms in total. The van der Waals surface area contributed by atoms with Gasteiger partial charge in [-0.15, -0.1) is 0 Å². The summed E-state index contributed by atoms with van der Waals surface area (Å²) < 4.78 is 2.19. The van der Waals surface area contributed by atoms with E-state index in [2.05, 4.69) is 183 Å². The van der Waals surface area contributed by atoms with Gasteiger partial charge in [0.05, 0.1) is 13.4 Å². The average Bonchev–Trinajstić information content (AvgIpc) is 4.35. The van der Waals surface area contributed by atoms with Crippen LogP contribution in [0.5, 0.6) is 0 Å². The van der Waals surface area contributed by atoms with E-state index >= 15 is 0 Å². The van der Waals surface area contributed by atoms with Crippen molar-refractivity contribution in [1.29, 1.82) is 0 Å². The predicted octanol–water partition coefficient (Wildman–Crippen LogP) is 12.1. The molecule has 0 amide bonds. The molecule has 3 aliphatic rings.